The highest BCUT2D eigenvalue weighted by molar-refractivity contribution is 7.15. The van der Waals surface area contributed by atoms with Crippen molar-refractivity contribution in [2.24, 2.45) is 10.9 Å². The molecule has 0 fully saturated rings. The van der Waals surface area contributed by atoms with Crippen LogP contribution in [0, 0.1) is 12.8 Å². The predicted octanol–water partition coefficient (Wildman–Crippen LogP) is 3.44. The van der Waals surface area contributed by atoms with Gasteiger partial charge in [0, 0.05) is 24.0 Å². The van der Waals surface area contributed by atoms with E-state index in [-0.39, 0.29) is 0 Å². The predicted molar refractivity (Wildman–Crippen MR) is 95.3 cm³/mol. The molecule has 118 valence electrons. The van der Waals surface area contributed by atoms with Gasteiger partial charge in [0.1, 0.15) is 5.01 Å². The van der Waals surface area contributed by atoms with Crippen LogP contribution in [0.5, 0.6) is 0 Å². The molecule has 0 aliphatic heterocycles. The topological polar surface area (TPSA) is 49.3 Å². The van der Waals surface area contributed by atoms with E-state index in [1.54, 1.807) is 18.4 Å². The summed E-state index contributed by atoms with van der Waals surface area (Å²) in [4.78, 5) is 10.2. The average Bonchev–Trinajstić information content (AvgIpc) is 2.89. The molecule has 2 aromatic rings. The van der Waals surface area contributed by atoms with Gasteiger partial charge in [-0.3, -0.25) is 4.99 Å². The zero-order valence-corrected chi connectivity index (χ0v) is 14.5. The highest BCUT2D eigenvalue weighted by Gasteiger charge is 2.09. The maximum Gasteiger partial charge on any atom is 0.191 e. The van der Waals surface area contributed by atoms with Crippen molar-refractivity contribution in [3.05, 3.63) is 40.9 Å². The number of hydrogen-bond acceptors (Lipinski definition) is 3. The van der Waals surface area contributed by atoms with Crippen LogP contribution in [-0.2, 0) is 6.54 Å². The highest BCUT2D eigenvalue weighted by Crippen LogP contribution is 2.27. The number of thiazole rings is 1. The number of aryl methyl sites for hydroxylation is 1. The zero-order chi connectivity index (χ0) is 15.9. The molecular formula is C17H24N4S. The summed E-state index contributed by atoms with van der Waals surface area (Å²) in [6.45, 7) is 8.08. The van der Waals surface area contributed by atoms with Crippen LogP contribution < -0.4 is 10.6 Å². The quantitative estimate of drug-likeness (QED) is 0.656. The molecule has 0 aliphatic rings. The van der Waals surface area contributed by atoms with Gasteiger partial charge in [0.25, 0.3) is 0 Å². The molecule has 2 rings (SSSR count). The second kappa shape index (κ2) is 7.94. The summed E-state index contributed by atoms with van der Waals surface area (Å²) in [6.07, 6.45) is 0. The normalized spacial score (nSPS) is 11.8. The first kappa shape index (κ1) is 16.5. The van der Waals surface area contributed by atoms with Gasteiger partial charge in [0.15, 0.2) is 5.96 Å². The van der Waals surface area contributed by atoms with Gasteiger partial charge in [-0.25, -0.2) is 4.98 Å². The Morgan fingerprint density at radius 3 is 2.59 bits per heavy atom. The van der Waals surface area contributed by atoms with E-state index in [0.717, 1.165) is 29.8 Å². The van der Waals surface area contributed by atoms with Gasteiger partial charge in [-0.15, -0.1) is 11.3 Å². The lowest BCUT2D eigenvalue weighted by atomic mass is 10.2. The largest absolute Gasteiger partial charge is 0.356 e. The summed E-state index contributed by atoms with van der Waals surface area (Å²) >= 11 is 1.73. The van der Waals surface area contributed by atoms with Crippen molar-refractivity contribution in [3.8, 4) is 10.6 Å². The third-order valence-electron chi connectivity index (χ3n) is 3.23. The molecule has 1 heterocycles. The minimum Gasteiger partial charge on any atom is -0.356 e. The number of guanidine groups is 1. The Morgan fingerprint density at radius 2 is 1.95 bits per heavy atom. The first-order valence-corrected chi connectivity index (χ1v) is 8.38. The smallest absolute Gasteiger partial charge is 0.191 e. The summed E-state index contributed by atoms with van der Waals surface area (Å²) in [5, 5.41) is 7.75. The molecule has 5 heteroatoms. The Morgan fingerprint density at radius 1 is 1.23 bits per heavy atom. The van der Waals surface area contributed by atoms with Crippen molar-refractivity contribution >= 4 is 17.3 Å². The first-order valence-electron chi connectivity index (χ1n) is 7.56. The molecule has 0 atom stereocenters. The molecule has 2 N–H and O–H groups in total. The minimum atomic E-state index is 0.591. The Balaban J connectivity index is 2.00. The second-order valence-electron chi connectivity index (χ2n) is 5.59. The van der Waals surface area contributed by atoms with Gasteiger partial charge in [-0.1, -0.05) is 44.2 Å². The van der Waals surface area contributed by atoms with E-state index in [1.807, 2.05) is 18.2 Å². The van der Waals surface area contributed by atoms with Crippen LogP contribution >= 0.6 is 11.3 Å². The molecule has 0 saturated carbocycles. The van der Waals surface area contributed by atoms with Crippen molar-refractivity contribution in [2.75, 3.05) is 13.6 Å². The van der Waals surface area contributed by atoms with E-state index >= 15 is 0 Å². The molecule has 1 aromatic carbocycles. The van der Waals surface area contributed by atoms with Gasteiger partial charge in [0.2, 0.25) is 0 Å². The van der Waals surface area contributed by atoms with Crippen LogP contribution in [0.3, 0.4) is 0 Å². The first-order chi connectivity index (χ1) is 10.6. The molecule has 0 spiro atoms. The summed E-state index contributed by atoms with van der Waals surface area (Å²) in [7, 11) is 1.80. The Bertz CT molecular complexity index is 617. The Labute approximate surface area is 136 Å². The van der Waals surface area contributed by atoms with Crippen molar-refractivity contribution in [2.45, 2.75) is 27.3 Å². The maximum absolute atomic E-state index is 4.68. The number of aliphatic imine (C=N–C) groups is 1. The van der Waals surface area contributed by atoms with Gasteiger partial charge >= 0.3 is 0 Å². The van der Waals surface area contributed by atoms with E-state index in [4.69, 9.17) is 0 Å². The molecule has 0 bridgehead atoms. The van der Waals surface area contributed by atoms with Crippen molar-refractivity contribution in [1.82, 2.24) is 15.6 Å². The van der Waals surface area contributed by atoms with E-state index < -0.39 is 0 Å². The molecule has 0 radical (unpaired) electrons. The van der Waals surface area contributed by atoms with Gasteiger partial charge in [-0.2, -0.15) is 0 Å². The minimum absolute atomic E-state index is 0.591. The third kappa shape index (κ3) is 4.56. The zero-order valence-electron chi connectivity index (χ0n) is 13.7. The van der Waals surface area contributed by atoms with Gasteiger partial charge < -0.3 is 10.6 Å². The van der Waals surface area contributed by atoms with E-state index in [0.29, 0.717) is 5.92 Å². The lowest BCUT2D eigenvalue weighted by molar-refractivity contribution is 0.615. The number of nitrogens with zero attached hydrogens (tertiary/aromatic N) is 2. The lowest BCUT2D eigenvalue weighted by Gasteiger charge is -2.12. The fourth-order valence-corrected chi connectivity index (χ4v) is 2.99. The van der Waals surface area contributed by atoms with Crippen LogP contribution in [0.4, 0.5) is 0 Å². The molecule has 22 heavy (non-hydrogen) atoms. The Hall–Kier alpha value is -1.88. The summed E-state index contributed by atoms with van der Waals surface area (Å²) in [5.41, 5.74) is 2.25. The number of rotatable bonds is 5. The molecule has 0 amide bonds. The lowest BCUT2D eigenvalue weighted by Crippen LogP contribution is -2.38. The second-order valence-corrected chi connectivity index (χ2v) is 6.68. The van der Waals surface area contributed by atoms with Crippen molar-refractivity contribution < 1.29 is 0 Å². The van der Waals surface area contributed by atoms with Crippen molar-refractivity contribution in [3.63, 3.8) is 0 Å². The fraction of sp³-hybridized carbons (Fsp3) is 0.412. The summed E-state index contributed by atoms with van der Waals surface area (Å²) in [6, 6.07) is 10.3. The summed E-state index contributed by atoms with van der Waals surface area (Å²) < 4.78 is 0. The molecule has 1 aromatic heterocycles. The van der Waals surface area contributed by atoms with E-state index in [2.05, 4.69) is 53.5 Å². The monoisotopic (exact) mass is 316 g/mol. The third-order valence-corrected chi connectivity index (χ3v) is 4.44. The molecular weight excluding hydrogens is 292 g/mol. The molecule has 0 unspecified atom stereocenters. The van der Waals surface area contributed by atoms with Crippen LogP contribution in [-0.4, -0.2) is 24.5 Å². The van der Waals surface area contributed by atoms with Crippen LogP contribution in [0.2, 0.25) is 0 Å². The number of nitrogens with one attached hydrogen (secondary N) is 2. The Kier molecular flexibility index (Phi) is 5.95. The van der Waals surface area contributed by atoms with Crippen LogP contribution in [0.1, 0.15) is 24.4 Å². The average molecular weight is 316 g/mol. The van der Waals surface area contributed by atoms with Gasteiger partial charge in [-0.05, 0) is 12.8 Å². The number of benzene rings is 1. The number of hydrogen-bond donors (Lipinski definition) is 2. The van der Waals surface area contributed by atoms with Crippen molar-refractivity contribution in [1.29, 1.82) is 0 Å². The van der Waals surface area contributed by atoms with Crippen LogP contribution in [0.15, 0.2) is 35.3 Å². The molecule has 0 aliphatic carbocycles. The van der Waals surface area contributed by atoms with E-state index in [1.165, 1.54) is 10.4 Å². The van der Waals surface area contributed by atoms with Crippen LogP contribution in [0.25, 0.3) is 10.6 Å². The molecule has 4 nitrogen and oxygen atoms in total. The highest BCUT2D eigenvalue weighted by atomic mass is 32.1. The maximum atomic E-state index is 4.68. The van der Waals surface area contributed by atoms with E-state index in [9.17, 15) is 0 Å². The SMILES string of the molecule is CN=C(NCc1sc(-c2ccccc2)nc1C)NCC(C)C. The fourth-order valence-electron chi connectivity index (χ4n) is 1.98. The number of aromatic nitrogens is 1. The molecule has 0 saturated heterocycles. The standard InChI is InChI=1S/C17H24N4S/c1-12(2)10-19-17(18-4)20-11-15-13(3)21-16(22-15)14-8-6-5-7-9-14/h5-9,12H,10-11H2,1-4H3,(H2,18,19,20). The van der Waals surface area contributed by atoms with Gasteiger partial charge in [0.05, 0.1) is 12.2 Å². The summed E-state index contributed by atoms with van der Waals surface area (Å²) in [5.74, 6) is 1.43.